The van der Waals surface area contributed by atoms with Crippen LogP contribution in [0.1, 0.15) is 17.7 Å². The van der Waals surface area contributed by atoms with Crippen LogP contribution in [-0.2, 0) is 11.3 Å². The van der Waals surface area contributed by atoms with Crippen LogP contribution in [0.4, 0.5) is 0 Å². The van der Waals surface area contributed by atoms with E-state index >= 15 is 0 Å². The molecule has 1 saturated heterocycles. The third kappa shape index (κ3) is 2.79. The Morgan fingerprint density at radius 2 is 2.31 bits per heavy atom. The fraction of sp³-hybridized carbons (Fsp3) is 0.500. The van der Waals surface area contributed by atoms with Crippen LogP contribution >= 0.6 is 0 Å². The Hall–Kier alpha value is -1.42. The first-order valence-electron chi connectivity index (χ1n) is 5.49. The molecule has 0 bridgehead atoms. The van der Waals surface area contributed by atoms with Gasteiger partial charge in [-0.15, -0.1) is 0 Å². The van der Waals surface area contributed by atoms with E-state index in [2.05, 4.69) is 16.0 Å². The summed E-state index contributed by atoms with van der Waals surface area (Å²) in [6.07, 6.45) is 2.15. The summed E-state index contributed by atoms with van der Waals surface area (Å²) >= 11 is 0. The lowest BCUT2D eigenvalue weighted by atomic mass is 9.96. The molecule has 1 N–H and O–H groups in total. The van der Waals surface area contributed by atoms with Crippen LogP contribution < -0.4 is 0 Å². The van der Waals surface area contributed by atoms with Crippen molar-refractivity contribution in [3.05, 3.63) is 29.6 Å². The molecule has 4 nitrogen and oxygen atoms in total. The molecule has 16 heavy (non-hydrogen) atoms. The van der Waals surface area contributed by atoms with E-state index < -0.39 is 5.97 Å². The fourth-order valence-electron chi connectivity index (χ4n) is 2.00. The largest absolute Gasteiger partial charge is 0.481 e. The Kier molecular flexibility index (Phi) is 3.19. The molecule has 0 saturated carbocycles. The third-order valence-electron chi connectivity index (χ3n) is 2.85. The number of carboxylic acid groups (broad SMARTS) is 1. The summed E-state index contributed by atoms with van der Waals surface area (Å²) in [4.78, 5) is 17.0. The molecule has 4 heteroatoms. The predicted octanol–water partition coefficient (Wildman–Crippen LogP) is 1.30. The Morgan fingerprint density at radius 3 is 2.88 bits per heavy atom. The van der Waals surface area contributed by atoms with Crippen LogP contribution in [-0.4, -0.2) is 34.0 Å². The zero-order valence-corrected chi connectivity index (χ0v) is 9.39. The summed E-state index contributed by atoms with van der Waals surface area (Å²) in [6.45, 7) is 4.60. The molecule has 0 unspecified atom stereocenters. The molecule has 1 aromatic rings. The molecule has 2 rings (SSSR count). The number of nitrogens with zero attached hydrogens (tertiary/aromatic N) is 2. The van der Waals surface area contributed by atoms with Crippen LogP contribution in [0.2, 0.25) is 0 Å². The van der Waals surface area contributed by atoms with Gasteiger partial charge < -0.3 is 5.11 Å². The first-order chi connectivity index (χ1) is 7.63. The number of hydrogen-bond donors (Lipinski definition) is 1. The van der Waals surface area contributed by atoms with E-state index in [0.29, 0.717) is 5.92 Å². The fourth-order valence-corrected chi connectivity index (χ4v) is 2.00. The number of carbonyl (C=O) groups is 1. The first-order valence-corrected chi connectivity index (χ1v) is 5.49. The van der Waals surface area contributed by atoms with Gasteiger partial charge in [-0.2, -0.15) is 0 Å². The zero-order valence-electron chi connectivity index (χ0n) is 9.39. The number of aryl methyl sites for hydroxylation is 1. The van der Waals surface area contributed by atoms with E-state index in [0.717, 1.165) is 30.9 Å². The number of carboxylic acids is 1. The Balaban J connectivity index is 1.77. The van der Waals surface area contributed by atoms with E-state index in [9.17, 15) is 4.79 Å². The van der Waals surface area contributed by atoms with Gasteiger partial charge in [0, 0.05) is 25.8 Å². The number of hydrogen-bond acceptors (Lipinski definition) is 3. The molecule has 1 aliphatic rings. The van der Waals surface area contributed by atoms with Crippen LogP contribution in [0.15, 0.2) is 18.3 Å². The Morgan fingerprint density at radius 1 is 1.56 bits per heavy atom. The maximum Gasteiger partial charge on any atom is 0.303 e. The van der Waals surface area contributed by atoms with Crippen LogP contribution in [0, 0.1) is 12.8 Å². The maximum atomic E-state index is 10.5. The van der Waals surface area contributed by atoms with Crippen molar-refractivity contribution < 1.29 is 9.90 Å². The Labute approximate surface area is 94.9 Å². The monoisotopic (exact) mass is 220 g/mol. The van der Waals surface area contributed by atoms with Gasteiger partial charge in [-0.25, -0.2) is 0 Å². The molecular weight excluding hydrogens is 204 g/mol. The molecule has 0 aromatic carbocycles. The van der Waals surface area contributed by atoms with Crippen molar-refractivity contribution in [1.82, 2.24) is 9.88 Å². The van der Waals surface area contributed by atoms with Crippen molar-refractivity contribution >= 4 is 5.97 Å². The number of pyridine rings is 1. The summed E-state index contributed by atoms with van der Waals surface area (Å²) in [6, 6.07) is 4.08. The molecule has 1 aromatic heterocycles. The molecule has 1 aliphatic heterocycles. The maximum absolute atomic E-state index is 10.5. The SMILES string of the molecule is Cc1ccc(CN2CC(CC(=O)O)C2)nc1. The standard InChI is InChI=1S/C12H16N2O2/c1-9-2-3-11(13-5-9)8-14-6-10(7-14)4-12(15)16/h2-3,5,10H,4,6-8H2,1H3,(H,15,16). The third-order valence-corrected chi connectivity index (χ3v) is 2.85. The highest BCUT2D eigenvalue weighted by molar-refractivity contribution is 5.67. The second-order valence-corrected chi connectivity index (χ2v) is 4.48. The predicted molar refractivity (Wildman–Crippen MR) is 60.0 cm³/mol. The van der Waals surface area contributed by atoms with Crippen molar-refractivity contribution in [2.24, 2.45) is 5.92 Å². The average Bonchev–Trinajstić information content (AvgIpc) is 2.17. The van der Waals surface area contributed by atoms with Crippen LogP contribution in [0.5, 0.6) is 0 Å². The highest BCUT2D eigenvalue weighted by Crippen LogP contribution is 2.20. The van der Waals surface area contributed by atoms with Gasteiger partial charge in [-0.05, 0) is 24.5 Å². The summed E-state index contributed by atoms with van der Waals surface area (Å²) < 4.78 is 0. The van der Waals surface area contributed by atoms with E-state index in [-0.39, 0.29) is 6.42 Å². The van der Waals surface area contributed by atoms with Gasteiger partial charge in [0.25, 0.3) is 0 Å². The average molecular weight is 220 g/mol. The van der Waals surface area contributed by atoms with Gasteiger partial charge in [0.1, 0.15) is 0 Å². The van der Waals surface area contributed by atoms with E-state index in [1.54, 1.807) is 0 Å². The molecule has 0 atom stereocenters. The molecule has 0 spiro atoms. The van der Waals surface area contributed by atoms with Crippen molar-refractivity contribution in [2.45, 2.75) is 19.9 Å². The Bertz CT molecular complexity index is 369. The summed E-state index contributed by atoms with van der Waals surface area (Å²) in [5.41, 5.74) is 2.22. The van der Waals surface area contributed by atoms with Crippen molar-refractivity contribution in [3.63, 3.8) is 0 Å². The van der Waals surface area contributed by atoms with Crippen molar-refractivity contribution in [2.75, 3.05) is 13.1 Å². The van der Waals surface area contributed by atoms with E-state index in [1.807, 2.05) is 19.2 Å². The van der Waals surface area contributed by atoms with Gasteiger partial charge >= 0.3 is 5.97 Å². The molecule has 0 amide bonds. The quantitative estimate of drug-likeness (QED) is 0.831. The summed E-state index contributed by atoms with van der Waals surface area (Å²) in [5, 5.41) is 8.62. The van der Waals surface area contributed by atoms with Crippen LogP contribution in [0.3, 0.4) is 0 Å². The van der Waals surface area contributed by atoms with Crippen LogP contribution in [0.25, 0.3) is 0 Å². The highest BCUT2D eigenvalue weighted by Gasteiger charge is 2.28. The number of rotatable bonds is 4. The number of likely N-dealkylation sites (tertiary alicyclic amines) is 1. The van der Waals surface area contributed by atoms with E-state index in [1.165, 1.54) is 0 Å². The highest BCUT2D eigenvalue weighted by atomic mass is 16.4. The molecular formula is C12H16N2O2. The number of aliphatic carboxylic acids is 1. The van der Waals surface area contributed by atoms with Crippen molar-refractivity contribution in [1.29, 1.82) is 0 Å². The van der Waals surface area contributed by atoms with Gasteiger partial charge in [-0.3, -0.25) is 14.7 Å². The lowest BCUT2D eigenvalue weighted by molar-refractivity contribution is -0.139. The van der Waals surface area contributed by atoms with Gasteiger partial charge in [0.05, 0.1) is 12.1 Å². The molecule has 86 valence electrons. The zero-order chi connectivity index (χ0) is 11.5. The molecule has 0 aliphatic carbocycles. The number of aromatic nitrogens is 1. The van der Waals surface area contributed by atoms with Crippen molar-refractivity contribution in [3.8, 4) is 0 Å². The smallest absolute Gasteiger partial charge is 0.303 e. The molecule has 2 heterocycles. The topological polar surface area (TPSA) is 53.4 Å². The van der Waals surface area contributed by atoms with E-state index in [4.69, 9.17) is 5.11 Å². The minimum atomic E-state index is -0.696. The minimum Gasteiger partial charge on any atom is -0.481 e. The van der Waals surface area contributed by atoms with Gasteiger partial charge in [0.15, 0.2) is 0 Å². The first kappa shape index (κ1) is 11.1. The minimum absolute atomic E-state index is 0.290. The van der Waals surface area contributed by atoms with Gasteiger partial charge in [0.2, 0.25) is 0 Å². The summed E-state index contributed by atoms with van der Waals surface area (Å²) in [5.74, 6) is -0.374. The second kappa shape index (κ2) is 4.61. The summed E-state index contributed by atoms with van der Waals surface area (Å²) in [7, 11) is 0. The lowest BCUT2D eigenvalue weighted by Gasteiger charge is -2.38. The normalized spacial score (nSPS) is 17.1. The lowest BCUT2D eigenvalue weighted by Crippen LogP contribution is -2.46. The van der Waals surface area contributed by atoms with Gasteiger partial charge in [-0.1, -0.05) is 6.07 Å². The molecule has 1 fully saturated rings. The second-order valence-electron chi connectivity index (χ2n) is 4.48. The molecule has 0 radical (unpaired) electrons.